The van der Waals surface area contributed by atoms with Gasteiger partial charge in [0.15, 0.2) is 5.82 Å². The van der Waals surface area contributed by atoms with Crippen molar-refractivity contribution in [2.24, 2.45) is 0 Å². The first-order chi connectivity index (χ1) is 12.4. The lowest BCUT2D eigenvalue weighted by Crippen LogP contribution is -2.19. The lowest BCUT2D eigenvalue weighted by atomic mass is 10.0. The predicted octanol–water partition coefficient (Wildman–Crippen LogP) is 3.73. The molecule has 2 aromatic rings. The second kappa shape index (κ2) is 7.59. The van der Waals surface area contributed by atoms with Crippen LogP contribution in [0.25, 0.3) is 0 Å². The number of hydrogen-bond donors (Lipinski definition) is 1. The molecule has 0 saturated carbocycles. The molecule has 1 N–H and O–H groups in total. The third-order valence-electron chi connectivity index (χ3n) is 3.51. The number of carbonyl (C=O) groups excluding carboxylic acids is 1. The number of likely N-dealkylation sites (N-methyl/N-ethyl adjacent to an activating group) is 1. The van der Waals surface area contributed by atoms with E-state index in [9.17, 15) is 31.1 Å². The molecule has 0 spiro atoms. The van der Waals surface area contributed by atoms with E-state index < -0.39 is 35.0 Å². The summed E-state index contributed by atoms with van der Waals surface area (Å²) in [5, 5.41) is 6.21. The molecule has 27 heavy (non-hydrogen) atoms. The van der Waals surface area contributed by atoms with Crippen molar-refractivity contribution >= 4 is 11.7 Å². The van der Waals surface area contributed by atoms with Crippen molar-refractivity contribution in [3.8, 4) is 0 Å². The van der Waals surface area contributed by atoms with E-state index in [1.807, 2.05) is 19.0 Å². The van der Waals surface area contributed by atoms with Gasteiger partial charge in [0.1, 0.15) is 0 Å². The summed E-state index contributed by atoms with van der Waals surface area (Å²) < 4.78 is 78.7. The quantitative estimate of drug-likeness (QED) is 0.787. The third kappa shape index (κ3) is 5.71. The molecular formula is C16H16F6N4O. The maximum Gasteiger partial charge on any atom is 0.416 e. The van der Waals surface area contributed by atoms with Crippen molar-refractivity contribution in [3.63, 3.8) is 0 Å². The van der Waals surface area contributed by atoms with Crippen LogP contribution in [0.1, 0.15) is 21.5 Å². The summed E-state index contributed by atoms with van der Waals surface area (Å²) in [6, 6.07) is 2.10. The molecule has 1 amide bonds. The second-order valence-electron chi connectivity index (χ2n) is 6.02. The molecule has 0 unspecified atom stereocenters. The van der Waals surface area contributed by atoms with Gasteiger partial charge >= 0.3 is 12.4 Å². The van der Waals surface area contributed by atoms with Crippen LogP contribution >= 0.6 is 0 Å². The number of halogens is 6. The molecule has 11 heteroatoms. The van der Waals surface area contributed by atoms with Crippen LogP contribution in [0, 0.1) is 0 Å². The Morgan fingerprint density at radius 2 is 1.63 bits per heavy atom. The average molecular weight is 394 g/mol. The van der Waals surface area contributed by atoms with E-state index in [0.717, 1.165) is 0 Å². The standard InChI is InChI=1S/C16H16F6N4O/c1-25(2)5-6-26-4-3-13(24-26)23-14(27)10-7-11(15(17,18)19)9-12(8-10)16(20,21)22/h3-4,7-9H,5-6H2,1-2H3,(H,23,24,27). The van der Waals surface area contributed by atoms with Crippen LogP contribution in [-0.4, -0.2) is 41.2 Å². The van der Waals surface area contributed by atoms with Crippen LogP contribution in [0.3, 0.4) is 0 Å². The van der Waals surface area contributed by atoms with E-state index in [1.165, 1.54) is 16.9 Å². The van der Waals surface area contributed by atoms with E-state index in [2.05, 4.69) is 10.4 Å². The topological polar surface area (TPSA) is 50.2 Å². The molecular weight excluding hydrogens is 378 g/mol. The Kier molecular flexibility index (Phi) is 5.83. The Bertz CT molecular complexity index is 778. The highest BCUT2D eigenvalue weighted by Crippen LogP contribution is 2.36. The Balaban J connectivity index is 2.25. The smallest absolute Gasteiger partial charge is 0.308 e. The molecule has 0 saturated heterocycles. The molecule has 0 atom stereocenters. The number of aromatic nitrogens is 2. The van der Waals surface area contributed by atoms with Gasteiger partial charge in [-0.1, -0.05) is 0 Å². The van der Waals surface area contributed by atoms with Crippen molar-refractivity contribution in [1.82, 2.24) is 14.7 Å². The van der Waals surface area contributed by atoms with E-state index in [-0.39, 0.29) is 11.9 Å². The highest BCUT2D eigenvalue weighted by Gasteiger charge is 2.37. The van der Waals surface area contributed by atoms with Crippen LogP contribution in [0.15, 0.2) is 30.5 Å². The van der Waals surface area contributed by atoms with Crippen molar-refractivity contribution in [3.05, 3.63) is 47.2 Å². The van der Waals surface area contributed by atoms with Gasteiger partial charge in [-0.2, -0.15) is 31.4 Å². The zero-order valence-electron chi connectivity index (χ0n) is 14.3. The monoisotopic (exact) mass is 394 g/mol. The molecule has 1 heterocycles. The zero-order valence-corrected chi connectivity index (χ0v) is 14.3. The Morgan fingerprint density at radius 1 is 1.07 bits per heavy atom. The fourth-order valence-corrected chi connectivity index (χ4v) is 2.13. The molecule has 0 aliphatic carbocycles. The number of alkyl halides is 6. The molecule has 0 aliphatic heterocycles. The predicted molar refractivity (Wildman–Crippen MR) is 85.2 cm³/mol. The molecule has 5 nitrogen and oxygen atoms in total. The number of amides is 1. The van der Waals surface area contributed by atoms with E-state index in [0.29, 0.717) is 25.2 Å². The number of benzene rings is 1. The lowest BCUT2D eigenvalue weighted by Gasteiger charge is -2.13. The van der Waals surface area contributed by atoms with Crippen molar-refractivity contribution < 1.29 is 31.1 Å². The lowest BCUT2D eigenvalue weighted by molar-refractivity contribution is -0.143. The van der Waals surface area contributed by atoms with Crippen molar-refractivity contribution in [2.75, 3.05) is 26.0 Å². The molecule has 0 aliphatic rings. The highest BCUT2D eigenvalue weighted by atomic mass is 19.4. The Labute approximate surface area is 150 Å². The van der Waals surface area contributed by atoms with Gasteiger partial charge in [0, 0.05) is 24.4 Å². The molecule has 0 radical (unpaired) electrons. The number of hydrogen-bond acceptors (Lipinski definition) is 3. The maximum atomic E-state index is 12.9. The minimum absolute atomic E-state index is 0.0183. The van der Waals surface area contributed by atoms with Crippen LogP contribution in [0.4, 0.5) is 32.2 Å². The number of rotatable bonds is 5. The third-order valence-corrected chi connectivity index (χ3v) is 3.51. The summed E-state index contributed by atoms with van der Waals surface area (Å²) in [5.41, 5.74) is -3.88. The van der Waals surface area contributed by atoms with Crippen molar-refractivity contribution in [1.29, 1.82) is 0 Å². The first-order valence-corrected chi connectivity index (χ1v) is 7.65. The summed E-state index contributed by atoms with van der Waals surface area (Å²) >= 11 is 0. The summed E-state index contributed by atoms with van der Waals surface area (Å²) in [4.78, 5) is 14.0. The molecule has 1 aromatic carbocycles. The van der Waals surface area contributed by atoms with Gasteiger partial charge in [-0.05, 0) is 32.3 Å². The van der Waals surface area contributed by atoms with Gasteiger partial charge in [0.25, 0.3) is 5.91 Å². The Hall–Kier alpha value is -2.56. The number of nitrogens with zero attached hydrogens (tertiary/aromatic N) is 3. The van der Waals surface area contributed by atoms with Gasteiger partial charge < -0.3 is 10.2 Å². The highest BCUT2D eigenvalue weighted by molar-refractivity contribution is 6.04. The fourth-order valence-electron chi connectivity index (χ4n) is 2.13. The summed E-state index contributed by atoms with van der Waals surface area (Å²) in [6.07, 6.45) is -8.51. The van der Waals surface area contributed by atoms with Crippen LogP contribution in [0.5, 0.6) is 0 Å². The summed E-state index contributed by atoms with van der Waals surface area (Å²) in [5.74, 6) is -1.10. The van der Waals surface area contributed by atoms with Crippen molar-refractivity contribution in [2.45, 2.75) is 18.9 Å². The second-order valence-corrected chi connectivity index (χ2v) is 6.02. The van der Waals surface area contributed by atoms with Gasteiger partial charge in [-0.3, -0.25) is 9.48 Å². The first kappa shape index (κ1) is 20.7. The van der Waals surface area contributed by atoms with E-state index >= 15 is 0 Å². The van der Waals surface area contributed by atoms with Crippen LogP contribution < -0.4 is 5.32 Å². The number of nitrogens with one attached hydrogen (secondary N) is 1. The largest absolute Gasteiger partial charge is 0.416 e. The van der Waals surface area contributed by atoms with E-state index in [4.69, 9.17) is 0 Å². The molecule has 0 bridgehead atoms. The molecule has 0 fully saturated rings. The van der Waals surface area contributed by atoms with Gasteiger partial charge in [0.05, 0.1) is 17.7 Å². The summed E-state index contributed by atoms with van der Waals surface area (Å²) in [6.45, 7) is 1.14. The molecule has 148 valence electrons. The molecule has 2 rings (SSSR count). The SMILES string of the molecule is CN(C)CCn1ccc(NC(=O)c2cc(C(F)(F)F)cc(C(F)(F)F)c2)n1. The van der Waals surface area contributed by atoms with Gasteiger partial charge in [0.2, 0.25) is 0 Å². The van der Waals surface area contributed by atoms with Crippen LogP contribution in [-0.2, 0) is 18.9 Å². The maximum absolute atomic E-state index is 12.9. The van der Waals surface area contributed by atoms with E-state index in [1.54, 1.807) is 0 Å². The van der Waals surface area contributed by atoms with Gasteiger partial charge in [-0.25, -0.2) is 0 Å². The fraction of sp³-hybridized carbons (Fsp3) is 0.375. The average Bonchev–Trinajstić information content (AvgIpc) is 2.98. The zero-order chi connectivity index (χ0) is 20.4. The van der Waals surface area contributed by atoms with Gasteiger partial charge in [-0.15, -0.1) is 0 Å². The first-order valence-electron chi connectivity index (χ1n) is 7.65. The number of anilines is 1. The summed E-state index contributed by atoms with van der Waals surface area (Å²) in [7, 11) is 3.69. The molecule has 1 aromatic heterocycles. The Morgan fingerprint density at radius 3 is 2.11 bits per heavy atom. The minimum atomic E-state index is -5.02. The normalized spacial score (nSPS) is 12.5. The number of carbonyl (C=O) groups is 1. The minimum Gasteiger partial charge on any atom is -0.308 e. The van der Waals surface area contributed by atoms with Crippen LogP contribution in [0.2, 0.25) is 0 Å².